The van der Waals surface area contributed by atoms with Gasteiger partial charge in [-0.2, -0.15) is 0 Å². The second kappa shape index (κ2) is 5.99. The van der Waals surface area contributed by atoms with Crippen LogP contribution in [0, 0.1) is 11.6 Å². The first-order valence-electron chi connectivity index (χ1n) is 6.46. The van der Waals surface area contributed by atoms with E-state index in [4.69, 9.17) is 0 Å². The van der Waals surface area contributed by atoms with E-state index in [2.05, 4.69) is 0 Å². The Balaban J connectivity index is 2.07. The van der Waals surface area contributed by atoms with Crippen LogP contribution in [0.25, 0.3) is 0 Å². The molecular formula is C14H14F2N2O3. The summed E-state index contributed by atoms with van der Waals surface area (Å²) >= 11 is 0. The molecule has 0 aliphatic carbocycles. The fourth-order valence-electron chi connectivity index (χ4n) is 2.07. The van der Waals surface area contributed by atoms with Crippen molar-refractivity contribution < 1.29 is 23.2 Å². The number of carbonyl (C=O) groups excluding carboxylic acids is 3. The van der Waals surface area contributed by atoms with Crippen molar-refractivity contribution in [3.63, 3.8) is 0 Å². The normalized spacial score (nSPS) is 15.6. The van der Waals surface area contributed by atoms with E-state index in [9.17, 15) is 23.2 Å². The number of piperazine rings is 1. The molecule has 1 aliphatic rings. The topological polar surface area (TPSA) is 57.7 Å². The maximum Gasteiger partial charge on any atom is 0.243 e. The lowest BCUT2D eigenvalue weighted by molar-refractivity contribution is -0.149. The third kappa shape index (κ3) is 3.24. The zero-order chi connectivity index (χ0) is 15.6. The van der Waals surface area contributed by atoms with Gasteiger partial charge in [-0.3, -0.25) is 14.4 Å². The van der Waals surface area contributed by atoms with Crippen LogP contribution in [-0.2, 0) is 9.59 Å². The van der Waals surface area contributed by atoms with Gasteiger partial charge in [-0.1, -0.05) is 0 Å². The zero-order valence-corrected chi connectivity index (χ0v) is 11.4. The molecule has 0 unspecified atom stereocenters. The van der Waals surface area contributed by atoms with E-state index in [-0.39, 0.29) is 37.0 Å². The number of hydrogen-bond acceptors (Lipinski definition) is 3. The number of amides is 2. The lowest BCUT2D eigenvalue weighted by Crippen LogP contribution is -2.54. The molecule has 1 heterocycles. The highest BCUT2D eigenvalue weighted by Gasteiger charge is 2.30. The van der Waals surface area contributed by atoms with Gasteiger partial charge in [0.05, 0.1) is 13.1 Å². The summed E-state index contributed by atoms with van der Waals surface area (Å²) in [5, 5.41) is 0. The predicted molar refractivity (Wildman–Crippen MR) is 69.5 cm³/mol. The third-order valence-electron chi connectivity index (χ3n) is 3.32. The van der Waals surface area contributed by atoms with Crippen LogP contribution >= 0.6 is 0 Å². The predicted octanol–water partition coefficient (Wildman–Crippen LogP) is 0.838. The summed E-state index contributed by atoms with van der Waals surface area (Å²) in [7, 11) is 0. The molecular weight excluding hydrogens is 282 g/mol. The number of ketones is 1. The smallest absolute Gasteiger partial charge is 0.243 e. The average molecular weight is 296 g/mol. The molecule has 0 spiro atoms. The Morgan fingerprint density at radius 1 is 1.10 bits per heavy atom. The Labute approximate surface area is 120 Å². The van der Waals surface area contributed by atoms with Gasteiger partial charge in [0.2, 0.25) is 11.8 Å². The van der Waals surface area contributed by atoms with Crippen LogP contribution < -0.4 is 0 Å². The largest absolute Gasteiger partial charge is 0.332 e. The number of hydrogen-bond donors (Lipinski definition) is 0. The van der Waals surface area contributed by atoms with Crippen LogP contribution in [0.2, 0.25) is 0 Å². The molecule has 112 valence electrons. The highest BCUT2D eigenvalue weighted by atomic mass is 19.2. The van der Waals surface area contributed by atoms with Gasteiger partial charge in [-0.25, -0.2) is 8.78 Å². The molecule has 1 fully saturated rings. The lowest BCUT2D eigenvalue weighted by atomic mass is 10.1. The summed E-state index contributed by atoms with van der Waals surface area (Å²) in [6.45, 7) is 1.61. The molecule has 2 rings (SSSR count). The van der Waals surface area contributed by atoms with Crippen LogP contribution in [0.1, 0.15) is 17.3 Å². The number of carbonyl (C=O) groups is 3. The quantitative estimate of drug-likeness (QED) is 0.774. The summed E-state index contributed by atoms with van der Waals surface area (Å²) in [6.07, 6.45) is 0. The van der Waals surface area contributed by atoms with Crippen LogP contribution in [0.3, 0.4) is 0 Å². The van der Waals surface area contributed by atoms with Gasteiger partial charge in [0.15, 0.2) is 17.4 Å². The SMILES string of the molecule is CCN1CC(=O)N(CC(=O)c2ccc(F)c(F)c2)CC1=O. The van der Waals surface area contributed by atoms with Crippen molar-refractivity contribution in [3.05, 3.63) is 35.4 Å². The molecule has 1 aliphatic heterocycles. The van der Waals surface area contributed by atoms with Crippen molar-refractivity contribution in [2.45, 2.75) is 6.92 Å². The van der Waals surface area contributed by atoms with Crippen molar-refractivity contribution >= 4 is 17.6 Å². The standard InChI is InChI=1S/C14H14F2N2O3/c1-2-17-7-14(21)18(8-13(17)20)6-12(19)9-3-4-10(15)11(16)5-9/h3-5H,2,6-8H2,1H3. The molecule has 0 bridgehead atoms. The van der Waals surface area contributed by atoms with E-state index in [0.29, 0.717) is 6.54 Å². The van der Waals surface area contributed by atoms with E-state index in [1.807, 2.05) is 0 Å². The molecule has 0 aromatic heterocycles. The highest BCUT2D eigenvalue weighted by Crippen LogP contribution is 2.11. The number of Topliss-reactive ketones (excluding diaryl/α,β-unsaturated/α-hetero) is 1. The molecule has 1 aromatic rings. The number of rotatable bonds is 4. The minimum Gasteiger partial charge on any atom is -0.332 e. The number of likely N-dealkylation sites (N-methyl/N-ethyl adjacent to an activating group) is 1. The minimum absolute atomic E-state index is 0.0351. The van der Waals surface area contributed by atoms with Gasteiger partial charge in [0.25, 0.3) is 0 Å². The van der Waals surface area contributed by atoms with Crippen molar-refractivity contribution in [3.8, 4) is 0 Å². The van der Waals surface area contributed by atoms with E-state index in [0.717, 1.165) is 23.1 Å². The molecule has 21 heavy (non-hydrogen) atoms. The van der Waals surface area contributed by atoms with Crippen LogP contribution in [-0.4, -0.2) is 53.6 Å². The molecule has 1 aromatic carbocycles. The zero-order valence-electron chi connectivity index (χ0n) is 11.4. The van der Waals surface area contributed by atoms with E-state index < -0.39 is 17.4 Å². The molecule has 5 nitrogen and oxygen atoms in total. The van der Waals surface area contributed by atoms with Crippen LogP contribution in [0.4, 0.5) is 8.78 Å². The van der Waals surface area contributed by atoms with Crippen LogP contribution in [0.15, 0.2) is 18.2 Å². The third-order valence-corrected chi connectivity index (χ3v) is 3.32. The first-order chi connectivity index (χ1) is 9.92. The first kappa shape index (κ1) is 15.1. The maximum atomic E-state index is 13.1. The van der Waals surface area contributed by atoms with Gasteiger partial charge in [0, 0.05) is 12.1 Å². The molecule has 0 N–H and O–H groups in total. The van der Waals surface area contributed by atoms with Crippen molar-refractivity contribution in [2.24, 2.45) is 0 Å². The number of nitrogens with zero attached hydrogens (tertiary/aromatic N) is 2. The fourth-order valence-corrected chi connectivity index (χ4v) is 2.07. The number of benzene rings is 1. The molecule has 7 heteroatoms. The summed E-state index contributed by atoms with van der Waals surface area (Å²) < 4.78 is 25.9. The van der Waals surface area contributed by atoms with Gasteiger partial charge >= 0.3 is 0 Å². The average Bonchev–Trinajstić information content (AvgIpc) is 2.45. The van der Waals surface area contributed by atoms with E-state index >= 15 is 0 Å². The van der Waals surface area contributed by atoms with Crippen molar-refractivity contribution in [1.29, 1.82) is 0 Å². The molecule has 0 radical (unpaired) electrons. The highest BCUT2D eigenvalue weighted by molar-refractivity contribution is 6.01. The summed E-state index contributed by atoms with van der Waals surface area (Å²) in [6, 6.07) is 2.78. The molecule has 2 amide bonds. The Morgan fingerprint density at radius 3 is 2.33 bits per heavy atom. The number of halogens is 2. The first-order valence-corrected chi connectivity index (χ1v) is 6.46. The lowest BCUT2D eigenvalue weighted by Gasteiger charge is -2.32. The maximum absolute atomic E-state index is 13.1. The molecule has 1 saturated heterocycles. The molecule has 0 saturated carbocycles. The van der Waals surface area contributed by atoms with Gasteiger partial charge in [-0.05, 0) is 25.1 Å². The van der Waals surface area contributed by atoms with Gasteiger partial charge in [-0.15, -0.1) is 0 Å². The fraction of sp³-hybridized carbons (Fsp3) is 0.357. The van der Waals surface area contributed by atoms with Gasteiger partial charge < -0.3 is 9.80 Å². The summed E-state index contributed by atoms with van der Waals surface area (Å²) in [5.74, 6) is -3.30. The van der Waals surface area contributed by atoms with E-state index in [1.165, 1.54) is 4.90 Å². The summed E-state index contributed by atoms with van der Waals surface area (Å²) in [4.78, 5) is 38.0. The Bertz CT molecular complexity index is 604. The second-order valence-corrected chi connectivity index (χ2v) is 4.71. The summed E-state index contributed by atoms with van der Waals surface area (Å²) in [5.41, 5.74) is -0.0351. The Hall–Kier alpha value is -2.31. The minimum atomic E-state index is -1.13. The Morgan fingerprint density at radius 2 is 1.71 bits per heavy atom. The van der Waals surface area contributed by atoms with E-state index in [1.54, 1.807) is 6.92 Å². The Kier molecular flexibility index (Phi) is 4.30. The van der Waals surface area contributed by atoms with Crippen molar-refractivity contribution in [2.75, 3.05) is 26.2 Å². The molecule has 0 atom stereocenters. The van der Waals surface area contributed by atoms with Crippen LogP contribution in [0.5, 0.6) is 0 Å². The van der Waals surface area contributed by atoms with Gasteiger partial charge in [0.1, 0.15) is 6.54 Å². The van der Waals surface area contributed by atoms with Crippen molar-refractivity contribution in [1.82, 2.24) is 9.80 Å². The monoisotopic (exact) mass is 296 g/mol. The second-order valence-electron chi connectivity index (χ2n) is 4.71.